The third-order valence-corrected chi connectivity index (χ3v) is 3.46. The predicted molar refractivity (Wildman–Crippen MR) is 81.4 cm³/mol. The van der Waals surface area contributed by atoms with Crippen LogP contribution in [0.25, 0.3) is 10.9 Å². The van der Waals surface area contributed by atoms with Gasteiger partial charge in [0.15, 0.2) is 0 Å². The van der Waals surface area contributed by atoms with Crippen LogP contribution in [-0.2, 0) is 11.3 Å². The second kappa shape index (κ2) is 6.43. The molecule has 5 nitrogen and oxygen atoms in total. The van der Waals surface area contributed by atoms with Crippen molar-refractivity contribution < 1.29 is 14.7 Å². The second-order valence-electron chi connectivity index (χ2n) is 5.24. The maximum Gasteiger partial charge on any atom is 0.352 e. The lowest BCUT2D eigenvalue weighted by Gasteiger charge is -2.14. The van der Waals surface area contributed by atoms with Crippen LogP contribution in [0.15, 0.2) is 30.3 Å². The Kier molecular flexibility index (Phi) is 4.62. The van der Waals surface area contributed by atoms with Crippen molar-refractivity contribution >= 4 is 22.8 Å². The first-order valence-corrected chi connectivity index (χ1v) is 7.13. The number of fused-ring (bicyclic) bond motifs is 1. The summed E-state index contributed by atoms with van der Waals surface area (Å²) in [5.74, 6) is -1.19. The minimum absolute atomic E-state index is 0.0171. The number of nitrogens with one attached hydrogen (secondary N) is 1. The number of carbonyl (C=O) groups is 2. The van der Waals surface area contributed by atoms with E-state index in [1.54, 1.807) is 10.6 Å². The van der Waals surface area contributed by atoms with Crippen LogP contribution in [-0.4, -0.2) is 27.6 Å². The van der Waals surface area contributed by atoms with Gasteiger partial charge in [0, 0.05) is 16.9 Å². The highest BCUT2D eigenvalue weighted by Gasteiger charge is 2.17. The topological polar surface area (TPSA) is 71.3 Å². The minimum Gasteiger partial charge on any atom is -0.477 e. The zero-order chi connectivity index (χ0) is 15.4. The first kappa shape index (κ1) is 15.1. The van der Waals surface area contributed by atoms with Crippen molar-refractivity contribution in [1.29, 1.82) is 0 Å². The van der Waals surface area contributed by atoms with E-state index >= 15 is 0 Å². The fourth-order valence-corrected chi connectivity index (χ4v) is 2.53. The third-order valence-electron chi connectivity index (χ3n) is 3.46. The van der Waals surface area contributed by atoms with Gasteiger partial charge in [0.25, 0.3) is 0 Å². The number of benzene rings is 1. The third kappa shape index (κ3) is 3.42. The molecule has 1 aromatic heterocycles. The summed E-state index contributed by atoms with van der Waals surface area (Å²) in [7, 11) is 0. The Morgan fingerprint density at radius 3 is 2.71 bits per heavy atom. The van der Waals surface area contributed by atoms with E-state index in [-0.39, 0.29) is 24.2 Å². The molecule has 0 radical (unpaired) electrons. The van der Waals surface area contributed by atoms with Crippen molar-refractivity contribution in [2.75, 3.05) is 0 Å². The van der Waals surface area contributed by atoms with Gasteiger partial charge in [-0.1, -0.05) is 31.5 Å². The molecule has 2 N–H and O–H groups in total. The Bertz CT molecular complexity index is 661. The fraction of sp³-hybridized carbons (Fsp3) is 0.375. The molecule has 0 saturated carbocycles. The molecule has 0 bridgehead atoms. The molecule has 0 aliphatic carbocycles. The molecular weight excluding hydrogens is 268 g/mol. The molecule has 2 aromatic rings. The molecule has 1 amide bonds. The zero-order valence-electron chi connectivity index (χ0n) is 12.3. The number of amides is 1. The number of carbonyl (C=O) groups excluding carboxylic acids is 1. The van der Waals surface area contributed by atoms with Crippen LogP contribution in [0.2, 0.25) is 0 Å². The summed E-state index contributed by atoms with van der Waals surface area (Å²) in [5.41, 5.74) is 0.891. The van der Waals surface area contributed by atoms with Crippen LogP contribution in [0, 0.1) is 0 Å². The van der Waals surface area contributed by atoms with Gasteiger partial charge in [-0.15, -0.1) is 0 Å². The number of hydrogen-bond acceptors (Lipinski definition) is 2. The first-order chi connectivity index (χ1) is 10.0. The average molecular weight is 288 g/mol. The zero-order valence-corrected chi connectivity index (χ0v) is 12.3. The highest BCUT2D eigenvalue weighted by Crippen LogP contribution is 2.19. The van der Waals surface area contributed by atoms with Crippen LogP contribution >= 0.6 is 0 Å². The highest BCUT2D eigenvalue weighted by atomic mass is 16.4. The second-order valence-corrected chi connectivity index (χ2v) is 5.24. The predicted octanol–water partition coefficient (Wildman–Crippen LogP) is 2.64. The molecule has 1 aromatic carbocycles. The number of para-hydroxylation sites is 1. The van der Waals surface area contributed by atoms with E-state index < -0.39 is 5.97 Å². The Balaban J connectivity index is 2.26. The van der Waals surface area contributed by atoms with E-state index in [9.17, 15) is 14.7 Å². The van der Waals surface area contributed by atoms with Crippen LogP contribution in [0.5, 0.6) is 0 Å². The van der Waals surface area contributed by atoms with E-state index in [0.717, 1.165) is 23.7 Å². The lowest BCUT2D eigenvalue weighted by molar-refractivity contribution is -0.122. The van der Waals surface area contributed by atoms with Gasteiger partial charge in [0.05, 0.1) is 0 Å². The Hall–Kier alpha value is -2.30. The van der Waals surface area contributed by atoms with Gasteiger partial charge in [-0.25, -0.2) is 4.79 Å². The highest BCUT2D eigenvalue weighted by molar-refractivity contribution is 5.95. The maximum absolute atomic E-state index is 12.1. The summed E-state index contributed by atoms with van der Waals surface area (Å²) in [6.07, 6.45) is 1.90. The number of nitrogens with zero attached hydrogens (tertiary/aromatic N) is 1. The largest absolute Gasteiger partial charge is 0.477 e. The number of aromatic carboxylic acids is 1. The average Bonchev–Trinajstić information content (AvgIpc) is 2.78. The van der Waals surface area contributed by atoms with Crippen molar-refractivity contribution in [3.05, 3.63) is 36.0 Å². The normalized spacial score (nSPS) is 12.3. The smallest absolute Gasteiger partial charge is 0.352 e. The molecule has 1 atom stereocenters. The number of hydrogen-bond donors (Lipinski definition) is 2. The molecule has 112 valence electrons. The van der Waals surface area contributed by atoms with E-state index in [1.807, 2.05) is 31.2 Å². The van der Waals surface area contributed by atoms with Gasteiger partial charge < -0.3 is 15.0 Å². The first-order valence-electron chi connectivity index (χ1n) is 7.13. The monoisotopic (exact) mass is 288 g/mol. The summed E-state index contributed by atoms with van der Waals surface area (Å²) < 4.78 is 1.55. The SMILES string of the molecule is CCCC(C)NC(=O)Cn1c(C(=O)O)cc2ccccc21. The summed E-state index contributed by atoms with van der Waals surface area (Å²) in [6.45, 7) is 4.03. The van der Waals surface area contributed by atoms with Crippen LogP contribution in [0.3, 0.4) is 0 Å². The lowest BCUT2D eigenvalue weighted by Crippen LogP contribution is -2.35. The number of rotatable bonds is 6. The molecule has 1 heterocycles. The van der Waals surface area contributed by atoms with Crippen molar-refractivity contribution in [3.8, 4) is 0 Å². The standard InChI is InChI=1S/C16H20N2O3/c1-3-6-11(2)17-15(19)10-18-13-8-5-4-7-12(13)9-14(18)16(20)21/h4-5,7-9,11H,3,6,10H2,1-2H3,(H,17,19)(H,20,21). The molecule has 0 fully saturated rings. The quantitative estimate of drug-likeness (QED) is 0.858. The molecule has 21 heavy (non-hydrogen) atoms. The molecule has 0 spiro atoms. The van der Waals surface area contributed by atoms with E-state index in [0.29, 0.717) is 0 Å². The molecule has 0 aliphatic heterocycles. The molecule has 0 aliphatic rings. The van der Waals surface area contributed by atoms with Gasteiger partial charge in [-0.05, 0) is 25.5 Å². The lowest BCUT2D eigenvalue weighted by atomic mass is 10.2. The number of aromatic nitrogens is 1. The molecule has 5 heteroatoms. The Labute approximate surface area is 123 Å². The van der Waals surface area contributed by atoms with Crippen molar-refractivity contribution in [1.82, 2.24) is 9.88 Å². The van der Waals surface area contributed by atoms with Crippen LogP contribution < -0.4 is 5.32 Å². The number of carboxylic acids is 1. The van der Waals surface area contributed by atoms with Gasteiger partial charge >= 0.3 is 5.97 Å². The Morgan fingerprint density at radius 2 is 2.05 bits per heavy atom. The van der Waals surface area contributed by atoms with Crippen molar-refractivity contribution in [2.24, 2.45) is 0 Å². The van der Waals surface area contributed by atoms with Crippen molar-refractivity contribution in [3.63, 3.8) is 0 Å². The van der Waals surface area contributed by atoms with Crippen LogP contribution in [0.4, 0.5) is 0 Å². The van der Waals surface area contributed by atoms with Crippen molar-refractivity contribution in [2.45, 2.75) is 39.3 Å². The fourth-order valence-electron chi connectivity index (χ4n) is 2.53. The molecule has 1 unspecified atom stereocenters. The van der Waals surface area contributed by atoms with Gasteiger partial charge in [-0.3, -0.25) is 4.79 Å². The summed E-state index contributed by atoms with van der Waals surface area (Å²) in [5, 5.41) is 13.0. The van der Waals surface area contributed by atoms with Crippen LogP contribution in [0.1, 0.15) is 37.2 Å². The van der Waals surface area contributed by atoms with E-state index in [2.05, 4.69) is 12.2 Å². The molecule has 2 rings (SSSR count). The van der Waals surface area contributed by atoms with Gasteiger partial charge in [-0.2, -0.15) is 0 Å². The summed E-state index contributed by atoms with van der Waals surface area (Å²) >= 11 is 0. The molecular formula is C16H20N2O3. The number of carboxylic acid groups (broad SMARTS) is 1. The summed E-state index contributed by atoms with van der Waals surface area (Å²) in [6, 6.07) is 9.04. The van der Waals surface area contributed by atoms with Gasteiger partial charge in [0.2, 0.25) is 5.91 Å². The maximum atomic E-state index is 12.1. The molecule has 0 saturated heterocycles. The Morgan fingerprint density at radius 1 is 1.33 bits per heavy atom. The summed E-state index contributed by atoms with van der Waals surface area (Å²) in [4.78, 5) is 23.4. The van der Waals surface area contributed by atoms with E-state index in [1.165, 1.54) is 0 Å². The minimum atomic E-state index is -1.03. The van der Waals surface area contributed by atoms with E-state index in [4.69, 9.17) is 0 Å². The van der Waals surface area contributed by atoms with Gasteiger partial charge in [0.1, 0.15) is 12.2 Å².